The largest absolute Gasteiger partial charge is 0.770 e. The summed E-state index contributed by atoms with van der Waals surface area (Å²) in [7, 11) is 0. The molecular weight excluding hydrogens is 312 g/mol. The van der Waals surface area contributed by atoms with E-state index in [-0.39, 0.29) is 0 Å². The van der Waals surface area contributed by atoms with Crippen molar-refractivity contribution in [2.24, 2.45) is 0 Å². The van der Waals surface area contributed by atoms with Crippen LogP contribution in [0.3, 0.4) is 0 Å². The molecular formula is C17H23N2O3S-. The maximum atomic E-state index is 12.1. The van der Waals surface area contributed by atoms with Gasteiger partial charge in [-0.2, -0.15) is 0 Å². The molecule has 1 aromatic carbocycles. The minimum absolute atomic E-state index is 0.579. The van der Waals surface area contributed by atoms with Gasteiger partial charge in [-0.3, -0.25) is 9.11 Å². The van der Waals surface area contributed by atoms with E-state index in [0.29, 0.717) is 26.3 Å². The van der Waals surface area contributed by atoms with E-state index >= 15 is 0 Å². The van der Waals surface area contributed by atoms with Crippen LogP contribution in [-0.2, 0) is 15.8 Å². The van der Waals surface area contributed by atoms with Gasteiger partial charge in [-0.25, -0.2) is 0 Å². The zero-order valence-corrected chi connectivity index (χ0v) is 14.0. The predicted molar refractivity (Wildman–Crippen MR) is 90.6 cm³/mol. The van der Waals surface area contributed by atoms with Crippen LogP contribution in [-0.4, -0.2) is 45.5 Å². The summed E-state index contributed by atoms with van der Waals surface area (Å²) in [5.41, 5.74) is 1.37. The fraction of sp³-hybridized carbons (Fsp3) is 0.529. The van der Waals surface area contributed by atoms with Gasteiger partial charge in [0.05, 0.1) is 13.2 Å². The van der Waals surface area contributed by atoms with Crippen LogP contribution in [0.15, 0.2) is 42.1 Å². The maximum absolute atomic E-state index is 12.1. The molecule has 6 heteroatoms. The lowest BCUT2D eigenvalue weighted by Crippen LogP contribution is -2.54. The Morgan fingerprint density at radius 1 is 1.17 bits per heavy atom. The number of hydrogen-bond donors (Lipinski definition) is 0. The number of hydrogen-bond acceptors (Lipinski definition) is 5. The van der Waals surface area contributed by atoms with Gasteiger partial charge < -0.3 is 14.2 Å². The van der Waals surface area contributed by atoms with Gasteiger partial charge >= 0.3 is 0 Å². The lowest BCUT2D eigenvalue weighted by Gasteiger charge is -2.44. The van der Waals surface area contributed by atoms with E-state index in [4.69, 9.17) is 4.74 Å². The summed E-state index contributed by atoms with van der Waals surface area (Å²) >= 11 is -2.23. The second-order valence-electron chi connectivity index (χ2n) is 5.88. The third kappa shape index (κ3) is 4.01. The van der Waals surface area contributed by atoms with Crippen LogP contribution in [0.25, 0.3) is 0 Å². The first-order valence-corrected chi connectivity index (χ1v) is 9.34. The Bertz CT molecular complexity index is 558. The maximum Gasteiger partial charge on any atom is 0.151 e. The van der Waals surface area contributed by atoms with Crippen LogP contribution >= 0.6 is 0 Å². The second kappa shape index (κ2) is 8.06. The number of ether oxygens (including phenoxy) is 1. The predicted octanol–water partition coefficient (Wildman–Crippen LogP) is 2.45. The molecule has 23 heavy (non-hydrogen) atoms. The monoisotopic (exact) mass is 335 g/mol. The number of rotatable bonds is 5. The molecule has 1 fully saturated rings. The average Bonchev–Trinajstić information content (AvgIpc) is 2.61. The molecule has 3 rings (SSSR count). The fourth-order valence-electron chi connectivity index (χ4n) is 3.23. The third-order valence-corrected chi connectivity index (χ3v) is 5.22. The number of morpholine rings is 1. The molecule has 0 spiro atoms. The van der Waals surface area contributed by atoms with Gasteiger partial charge in [-0.1, -0.05) is 24.3 Å². The van der Waals surface area contributed by atoms with Crippen molar-refractivity contribution in [1.29, 1.82) is 0 Å². The number of nitrogens with zero attached hydrogens (tertiary/aromatic N) is 2. The van der Waals surface area contributed by atoms with Crippen molar-refractivity contribution in [2.75, 3.05) is 31.2 Å². The highest BCUT2D eigenvalue weighted by molar-refractivity contribution is 7.79. The first-order chi connectivity index (χ1) is 11.3. The molecule has 0 aromatic heterocycles. The molecule has 126 valence electrons. The standard InChI is InChI=1S/C17H24N2O3S/c20-23(21)17(18-11-13-22-14-12-18)19(15-7-3-1-4-8-15)16-9-5-2-6-10-16/h1,3-4,7-9,17H,2,5-6,10-14H2,(H,20,21)/p-1. The molecule has 0 N–H and O–H groups in total. The molecule has 1 saturated heterocycles. The molecule has 2 atom stereocenters. The lowest BCUT2D eigenvalue weighted by molar-refractivity contribution is 0.0310. The Labute approximate surface area is 140 Å². The van der Waals surface area contributed by atoms with Crippen molar-refractivity contribution in [1.82, 2.24) is 4.90 Å². The summed E-state index contributed by atoms with van der Waals surface area (Å²) in [5, 5.41) is 0. The van der Waals surface area contributed by atoms with Crippen LogP contribution in [0.2, 0.25) is 0 Å². The Balaban J connectivity index is 1.97. The SMILES string of the molecule is O=S([O-])C(N1CCOCC1)N(C1=CCCCC1)c1ccccc1. The van der Waals surface area contributed by atoms with E-state index in [1.54, 1.807) is 0 Å². The highest BCUT2D eigenvalue weighted by Crippen LogP contribution is 2.31. The first kappa shape index (κ1) is 16.6. The van der Waals surface area contributed by atoms with E-state index < -0.39 is 16.6 Å². The lowest BCUT2D eigenvalue weighted by atomic mass is 10.0. The quantitative estimate of drug-likeness (QED) is 0.774. The van der Waals surface area contributed by atoms with E-state index in [9.17, 15) is 8.76 Å². The normalized spacial score (nSPS) is 22.2. The summed E-state index contributed by atoms with van der Waals surface area (Å²) in [6.07, 6.45) is 6.41. The van der Waals surface area contributed by atoms with Gasteiger partial charge in [-0.05, 0) is 48.9 Å². The van der Waals surface area contributed by atoms with Crippen molar-refractivity contribution in [3.8, 4) is 0 Å². The van der Waals surface area contributed by atoms with Gasteiger partial charge in [0.15, 0.2) is 5.50 Å². The Morgan fingerprint density at radius 3 is 2.52 bits per heavy atom. The summed E-state index contributed by atoms with van der Waals surface area (Å²) in [6.45, 7) is 2.43. The zero-order chi connectivity index (χ0) is 16.1. The van der Waals surface area contributed by atoms with Crippen LogP contribution < -0.4 is 4.90 Å². The fourth-order valence-corrected chi connectivity index (χ4v) is 4.12. The van der Waals surface area contributed by atoms with Gasteiger partial charge in [-0.15, -0.1) is 0 Å². The molecule has 1 aliphatic carbocycles. The van der Waals surface area contributed by atoms with Crippen LogP contribution in [0, 0.1) is 0 Å². The first-order valence-electron chi connectivity index (χ1n) is 8.20. The summed E-state index contributed by atoms with van der Waals surface area (Å²) < 4.78 is 29.6. The van der Waals surface area contributed by atoms with Gasteiger partial charge in [0.25, 0.3) is 0 Å². The molecule has 1 aliphatic heterocycles. The third-order valence-electron chi connectivity index (χ3n) is 4.36. The molecule has 0 radical (unpaired) electrons. The van der Waals surface area contributed by atoms with E-state index in [1.807, 2.05) is 40.1 Å². The van der Waals surface area contributed by atoms with Crippen molar-refractivity contribution in [3.05, 3.63) is 42.1 Å². The van der Waals surface area contributed by atoms with Gasteiger partial charge in [0.1, 0.15) is 0 Å². The molecule has 2 aliphatic rings. The Hall–Kier alpha value is -1.21. The molecule has 1 heterocycles. The number of allylic oxidation sites excluding steroid dienone is 2. The highest BCUT2D eigenvalue weighted by Gasteiger charge is 2.30. The van der Waals surface area contributed by atoms with Crippen molar-refractivity contribution in [3.63, 3.8) is 0 Å². The molecule has 0 saturated carbocycles. The van der Waals surface area contributed by atoms with Gasteiger partial charge in [0, 0.05) is 24.5 Å². The summed E-state index contributed by atoms with van der Waals surface area (Å²) in [4.78, 5) is 3.99. The number of para-hydroxylation sites is 1. The van der Waals surface area contributed by atoms with E-state index in [0.717, 1.165) is 30.6 Å². The van der Waals surface area contributed by atoms with Crippen molar-refractivity contribution < 1.29 is 13.5 Å². The number of benzene rings is 1. The molecule has 0 amide bonds. The van der Waals surface area contributed by atoms with Crippen LogP contribution in [0.1, 0.15) is 25.7 Å². The van der Waals surface area contributed by atoms with Gasteiger partial charge in [0.2, 0.25) is 0 Å². The minimum atomic E-state index is -2.23. The topological polar surface area (TPSA) is 55.8 Å². The Kier molecular flexibility index (Phi) is 5.83. The van der Waals surface area contributed by atoms with Crippen LogP contribution in [0.5, 0.6) is 0 Å². The summed E-state index contributed by atoms with van der Waals surface area (Å²) in [6, 6.07) is 9.83. The van der Waals surface area contributed by atoms with E-state index in [2.05, 4.69) is 6.08 Å². The second-order valence-corrected chi connectivity index (χ2v) is 6.82. The van der Waals surface area contributed by atoms with E-state index in [1.165, 1.54) is 6.42 Å². The average molecular weight is 335 g/mol. The minimum Gasteiger partial charge on any atom is -0.770 e. The number of anilines is 1. The molecule has 0 bridgehead atoms. The smallest absolute Gasteiger partial charge is 0.151 e. The molecule has 1 aromatic rings. The zero-order valence-electron chi connectivity index (χ0n) is 13.2. The van der Waals surface area contributed by atoms with Crippen LogP contribution in [0.4, 0.5) is 5.69 Å². The van der Waals surface area contributed by atoms with Crippen molar-refractivity contribution in [2.45, 2.75) is 31.2 Å². The Morgan fingerprint density at radius 2 is 1.91 bits per heavy atom. The molecule has 2 unspecified atom stereocenters. The summed E-state index contributed by atoms with van der Waals surface area (Å²) in [5.74, 6) is 0. The molecule has 5 nitrogen and oxygen atoms in total. The highest BCUT2D eigenvalue weighted by atomic mass is 32.2. The van der Waals surface area contributed by atoms with Crippen molar-refractivity contribution >= 4 is 16.8 Å².